The Morgan fingerprint density at radius 1 is 1.09 bits per heavy atom. The number of nitrogens with two attached hydrogens (primary N) is 1. The highest BCUT2D eigenvalue weighted by molar-refractivity contribution is 5.81. The van der Waals surface area contributed by atoms with Crippen molar-refractivity contribution in [2.24, 2.45) is 17.6 Å². The minimum absolute atomic E-state index is 0.0805. The predicted molar refractivity (Wildman–Crippen MR) is 91.8 cm³/mol. The van der Waals surface area contributed by atoms with Crippen LogP contribution in [0.4, 0.5) is 0 Å². The van der Waals surface area contributed by atoms with E-state index in [-0.39, 0.29) is 29.8 Å². The maximum atomic E-state index is 12.4. The molecule has 5 heteroatoms. The normalized spacial score (nSPS) is 23.3. The summed E-state index contributed by atoms with van der Waals surface area (Å²) in [7, 11) is 0. The summed E-state index contributed by atoms with van der Waals surface area (Å²) in [6.45, 7) is 5.58. The zero-order valence-electron chi connectivity index (χ0n) is 14.7. The summed E-state index contributed by atoms with van der Waals surface area (Å²) in [5, 5.41) is 3.04. The Labute approximate surface area is 140 Å². The third kappa shape index (κ3) is 5.48. The molecule has 2 atom stereocenters. The van der Waals surface area contributed by atoms with Crippen LogP contribution in [0.15, 0.2) is 0 Å². The molecule has 2 unspecified atom stereocenters. The van der Waals surface area contributed by atoms with Crippen LogP contribution in [0.1, 0.15) is 65.2 Å². The van der Waals surface area contributed by atoms with Crippen molar-refractivity contribution in [1.82, 2.24) is 10.2 Å². The summed E-state index contributed by atoms with van der Waals surface area (Å²) in [6.07, 6.45) is 7.93. The fraction of sp³-hybridized carbons (Fsp3) is 0.889. The Hall–Kier alpha value is -1.10. The average Bonchev–Trinajstić information content (AvgIpc) is 2.55. The van der Waals surface area contributed by atoms with Crippen molar-refractivity contribution in [3.63, 3.8) is 0 Å². The maximum absolute atomic E-state index is 12.4. The van der Waals surface area contributed by atoms with Crippen molar-refractivity contribution >= 4 is 11.8 Å². The van der Waals surface area contributed by atoms with E-state index in [2.05, 4.69) is 5.32 Å². The first-order valence-corrected chi connectivity index (χ1v) is 9.31. The molecule has 1 aliphatic heterocycles. The number of piperidine rings is 1. The lowest BCUT2D eigenvalue weighted by Gasteiger charge is -2.34. The highest BCUT2D eigenvalue weighted by Crippen LogP contribution is 2.24. The fourth-order valence-corrected chi connectivity index (χ4v) is 3.84. The fourth-order valence-electron chi connectivity index (χ4n) is 3.84. The number of hydrogen-bond donors (Lipinski definition) is 2. The van der Waals surface area contributed by atoms with Gasteiger partial charge < -0.3 is 16.0 Å². The number of amides is 2. The second-order valence-electron chi connectivity index (χ2n) is 7.53. The zero-order valence-corrected chi connectivity index (χ0v) is 14.7. The molecule has 1 aliphatic carbocycles. The van der Waals surface area contributed by atoms with Gasteiger partial charge in [-0.15, -0.1) is 0 Å². The number of carbonyl (C=O) groups is 2. The third-order valence-corrected chi connectivity index (χ3v) is 5.48. The van der Waals surface area contributed by atoms with Crippen LogP contribution < -0.4 is 11.1 Å². The monoisotopic (exact) mass is 323 g/mol. The second kappa shape index (κ2) is 8.67. The first-order valence-electron chi connectivity index (χ1n) is 9.31. The molecule has 2 fully saturated rings. The average molecular weight is 323 g/mol. The van der Waals surface area contributed by atoms with E-state index >= 15 is 0 Å². The van der Waals surface area contributed by atoms with Crippen LogP contribution in [0, 0.1) is 11.8 Å². The molecule has 0 radical (unpaired) electrons. The number of carbonyl (C=O) groups excluding carboxylic acids is 2. The Bertz CT molecular complexity index is 397. The van der Waals surface area contributed by atoms with Gasteiger partial charge in [-0.2, -0.15) is 0 Å². The van der Waals surface area contributed by atoms with E-state index in [1.165, 1.54) is 6.42 Å². The van der Waals surface area contributed by atoms with Crippen LogP contribution in [0.3, 0.4) is 0 Å². The van der Waals surface area contributed by atoms with Gasteiger partial charge in [0.25, 0.3) is 0 Å². The molecule has 0 aromatic heterocycles. The van der Waals surface area contributed by atoms with E-state index in [9.17, 15) is 9.59 Å². The molecule has 1 saturated carbocycles. The standard InChI is InChI=1S/C18H33N3O2/c1-13(20-18(23)16-6-4-3-5-7-16)12-17(22)21-10-8-15(9-11-21)14(2)19/h13-16H,3-12,19H2,1-2H3,(H,20,23). The number of hydrogen-bond acceptors (Lipinski definition) is 3. The van der Waals surface area contributed by atoms with Crippen molar-refractivity contribution in [2.75, 3.05) is 13.1 Å². The molecule has 3 N–H and O–H groups in total. The molecule has 0 aromatic rings. The highest BCUT2D eigenvalue weighted by Gasteiger charge is 2.27. The molecule has 2 rings (SSSR count). The number of nitrogens with zero attached hydrogens (tertiary/aromatic N) is 1. The molecular formula is C18H33N3O2. The van der Waals surface area contributed by atoms with E-state index in [0.29, 0.717) is 12.3 Å². The van der Waals surface area contributed by atoms with Gasteiger partial charge in [0.1, 0.15) is 0 Å². The van der Waals surface area contributed by atoms with Gasteiger partial charge in [-0.3, -0.25) is 9.59 Å². The predicted octanol–water partition coefficient (Wildman–Crippen LogP) is 2.05. The van der Waals surface area contributed by atoms with Gasteiger partial charge in [-0.05, 0) is 45.4 Å². The summed E-state index contributed by atoms with van der Waals surface area (Å²) in [6, 6.07) is 0.129. The maximum Gasteiger partial charge on any atom is 0.224 e. The van der Waals surface area contributed by atoms with Crippen LogP contribution >= 0.6 is 0 Å². The van der Waals surface area contributed by atoms with Crippen LogP contribution in [0.2, 0.25) is 0 Å². The molecule has 0 spiro atoms. The molecule has 0 bridgehead atoms. The van der Waals surface area contributed by atoms with Crippen molar-refractivity contribution in [3.8, 4) is 0 Å². The van der Waals surface area contributed by atoms with Gasteiger partial charge in [-0.1, -0.05) is 19.3 Å². The molecule has 23 heavy (non-hydrogen) atoms. The first-order chi connectivity index (χ1) is 11.0. The topological polar surface area (TPSA) is 75.4 Å². The molecule has 2 aliphatic rings. The Morgan fingerprint density at radius 2 is 1.70 bits per heavy atom. The molecule has 5 nitrogen and oxygen atoms in total. The van der Waals surface area contributed by atoms with Crippen molar-refractivity contribution in [3.05, 3.63) is 0 Å². The van der Waals surface area contributed by atoms with E-state index < -0.39 is 0 Å². The van der Waals surface area contributed by atoms with Crippen molar-refractivity contribution in [1.29, 1.82) is 0 Å². The molecular weight excluding hydrogens is 290 g/mol. The van der Waals surface area contributed by atoms with E-state index in [0.717, 1.165) is 51.6 Å². The second-order valence-corrected chi connectivity index (χ2v) is 7.53. The van der Waals surface area contributed by atoms with Gasteiger partial charge >= 0.3 is 0 Å². The largest absolute Gasteiger partial charge is 0.353 e. The lowest BCUT2D eigenvalue weighted by molar-refractivity contribution is -0.133. The van der Waals surface area contributed by atoms with Gasteiger partial charge in [0.15, 0.2) is 0 Å². The van der Waals surface area contributed by atoms with Crippen LogP contribution in [-0.4, -0.2) is 41.9 Å². The minimum Gasteiger partial charge on any atom is -0.353 e. The number of rotatable bonds is 5. The van der Waals surface area contributed by atoms with Gasteiger partial charge in [0.2, 0.25) is 11.8 Å². The summed E-state index contributed by atoms with van der Waals surface area (Å²) in [5.74, 6) is 0.982. The van der Waals surface area contributed by atoms with Crippen LogP contribution in [0.25, 0.3) is 0 Å². The number of likely N-dealkylation sites (tertiary alicyclic amines) is 1. The summed E-state index contributed by atoms with van der Waals surface area (Å²) in [5.41, 5.74) is 5.94. The highest BCUT2D eigenvalue weighted by atomic mass is 16.2. The smallest absolute Gasteiger partial charge is 0.224 e. The first kappa shape index (κ1) is 18.2. The van der Waals surface area contributed by atoms with E-state index in [1.54, 1.807) is 0 Å². The molecule has 1 heterocycles. The lowest BCUT2D eigenvalue weighted by atomic mass is 9.88. The van der Waals surface area contributed by atoms with E-state index in [1.807, 2.05) is 18.7 Å². The third-order valence-electron chi connectivity index (χ3n) is 5.48. The molecule has 132 valence electrons. The molecule has 0 aromatic carbocycles. The van der Waals surface area contributed by atoms with Gasteiger partial charge in [-0.25, -0.2) is 0 Å². The Kier molecular flexibility index (Phi) is 6.88. The lowest BCUT2D eigenvalue weighted by Crippen LogP contribution is -2.45. The van der Waals surface area contributed by atoms with Crippen molar-refractivity contribution in [2.45, 2.75) is 77.3 Å². The van der Waals surface area contributed by atoms with Crippen LogP contribution in [0.5, 0.6) is 0 Å². The van der Waals surface area contributed by atoms with Crippen molar-refractivity contribution < 1.29 is 9.59 Å². The van der Waals surface area contributed by atoms with Crippen LogP contribution in [-0.2, 0) is 9.59 Å². The molecule has 1 saturated heterocycles. The van der Waals surface area contributed by atoms with E-state index in [4.69, 9.17) is 5.73 Å². The number of nitrogens with one attached hydrogen (secondary N) is 1. The van der Waals surface area contributed by atoms with Gasteiger partial charge in [0, 0.05) is 37.5 Å². The summed E-state index contributed by atoms with van der Waals surface area (Å²) < 4.78 is 0. The van der Waals surface area contributed by atoms with Gasteiger partial charge in [0.05, 0.1) is 0 Å². The Balaban J connectivity index is 1.71. The zero-order chi connectivity index (χ0) is 16.8. The minimum atomic E-state index is -0.0805. The Morgan fingerprint density at radius 3 is 2.26 bits per heavy atom. The quantitative estimate of drug-likeness (QED) is 0.813. The summed E-state index contributed by atoms with van der Waals surface area (Å²) in [4.78, 5) is 26.6. The SMILES string of the molecule is CC(CC(=O)N1CCC(C(C)N)CC1)NC(=O)C1CCCCC1. The summed E-state index contributed by atoms with van der Waals surface area (Å²) >= 11 is 0. The molecule has 2 amide bonds.